The van der Waals surface area contributed by atoms with Crippen LogP contribution in [0.3, 0.4) is 0 Å². The van der Waals surface area contributed by atoms with Crippen molar-refractivity contribution in [3.05, 3.63) is 291 Å². The molecule has 3 atom stereocenters. The van der Waals surface area contributed by atoms with E-state index in [-0.39, 0.29) is 23.7 Å². The lowest BCUT2D eigenvalue weighted by atomic mass is 9.75. The highest BCUT2D eigenvalue weighted by atomic mass is 16.2. The predicted molar refractivity (Wildman–Crippen MR) is 378 cm³/mol. The van der Waals surface area contributed by atoms with Gasteiger partial charge < -0.3 is 18.9 Å². The van der Waals surface area contributed by atoms with Crippen molar-refractivity contribution in [2.24, 2.45) is 25.9 Å². The van der Waals surface area contributed by atoms with E-state index in [0.717, 1.165) is 135 Å². The summed E-state index contributed by atoms with van der Waals surface area (Å²) in [5.74, 6) is -0.364. The molecule has 8 heteroatoms. The Labute approximate surface area is 541 Å². The molecular formula is C84H78N6O2. The van der Waals surface area contributed by atoms with Gasteiger partial charge in [0.25, 0.3) is 11.8 Å². The van der Waals surface area contributed by atoms with Crippen LogP contribution in [0.2, 0.25) is 0 Å². The van der Waals surface area contributed by atoms with Crippen molar-refractivity contribution >= 4 is 73.5 Å². The molecule has 7 aliphatic rings. The molecule has 4 heterocycles. The van der Waals surface area contributed by atoms with Gasteiger partial charge in [-0.05, 0) is 182 Å². The molecule has 0 bridgehead atoms. The lowest BCUT2D eigenvalue weighted by molar-refractivity contribution is -0.127. The van der Waals surface area contributed by atoms with Crippen molar-refractivity contribution in [3.63, 3.8) is 0 Å². The van der Waals surface area contributed by atoms with Crippen molar-refractivity contribution in [2.75, 3.05) is 9.80 Å². The minimum atomic E-state index is -1.03. The molecule has 0 radical (unpaired) electrons. The first-order chi connectivity index (χ1) is 44.9. The van der Waals surface area contributed by atoms with E-state index in [0.29, 0.717) is 22.5 Å². The summed E-state index contributed by atoms with van der Waals surface area (Å²) >= 11 is 0. The Morgan fingerprint density at radius 1 is 0.500 bits per heavy atom. The number of hydrogen-bond donors (Lipinski definition) is 0. The molecule has 16 rings (SSSR count). The van der Waals surface area contributed by atoms with E-state index in [1.165, 1.54) is 39.1 Å². The maximum absolute atomic E-state index is 17.5. The summed E-state index contributed by atoms with van der Waals surface area (Å²) in [6.07, 6.45) is 30.1. The largest absolute Gasteiger partial charge is 0.350 e. The molecule has 5 aliphatic carbocycles. The fourth-order valence-corrected chi connectivity index (χ4v) is 16.9. The van der Waals surface area contributed by atoms with Gasteiger partial charge in [0.05, 0.1) is 44.7 Å². The number of rotatable bonds is 14. The average molecular weight is 1200 g/mol. The number of anilines is 5. The van der Waals surface area contributed by atoms with Gasteiger partial charge in [0.2, 0.25) is 0 Å². The zero-order valence-electron chi connectivity index (χ0n) is 54.1. The first-order valence-corrected chi connectivity index (χ1v) is 33.4. The molecule has 0 spiro atoms. The molecule has 7 aromatic carbocycles. The summed E-state index contributed by atoms with van der Waals surface area (Å²) in [6.45, 7) is 13.4. The maximum atomic E-state index is 17.5. The van der Waals surface area contributed by atoms with Crippen LogP contribution in [0, 0.1) is 11.8 Å². The molecule has 2 aromatic heterocycles. The Kier molecular flexibility index (Phi) is 13.6. The van der Waals surface area contributed by atoms with Gasteiger partial charge >= 0.3 is 0 Å². The van der Waals surface area contributed by atoms with E-state index in [4.69, 9.17) is 0 Å². The van der Waals surface area contributed by atoms with Crippen LogP contribution in [0.25, 0.3) is 44.3 Å². The molecule has 2 aliphatic heterocycles. The number of amides is 2. The van der Waals surface area contributed by atoms with Gasteiger partial charge in [-0.3, -0.25) is 19.4 Å². The molecule has 3 unspecified atom stereocenters. The smallest absolute Gasteiger partial charge is 0.262 e. The number of hydrogen-bond acceptors (Lipinski definition) is 4. The second-order valence-electron chi connectivity index (χ2n) is 26.5. The van der Waals surface area contributed by atoms with Gasteiger partial charge in [0.1, 0.15) is 0 Å². The van der Waals surface area contributed by atoms with E-state index in [9.17, 15) is 0 Å². The molecule has 92 heavy (non-hydrogen) atoms. The van der Waals surface area contributed by atoms with Gasteiger partial charge in [0.15, 0.2) is 0 Å². The lowest BCUT2D eigenvalue weighted by Gasteiger charge is -2.45. The second-order valence-corrected chi connectivity index (χ2v) is 26.5. The summed E-state index contributed by atoms with van der Waals surface area (Å²) in [5.41, 5.74) is 22.6. The molecule has 0 fully saturated rings. The third kappa shape index (κ3) is 8.41. The normalized spacial score (nSPS) is 20.2. The number of nitrogens with zero attached hydrogens (tertiary/aromatic N) is 6. The Hall–Kier alpha value is -9.92. The van der Waals surface area contributed by atoms with Crippen molar-refractivity contribution in [1.82, 2.24) is 18.9 Å². The maximum Gasteiger partial charge on any atom is 0.262 e. The number of aromatic nitrogens is 2. The Balaban J connectivity index is 0.959. The molecule has 456 valence electrons. The van der Waals surface area contributed by atoms with Crippen LogP contribution in [0.1, 0.15) is 113 Å². The summed E-state index contributed by atoms with van der Waals surface area (Å²) in [6, 6.07) is 57.5. The summed E-state index contributed by atoms with van der Waals surface area (Å²) in [5, 5.41) is 1.93. The number of aryl methyl sites for hydroxylation is 5. The van der Waals surface area contributed by atoms with Crippen LogP contribution in [0.15, 0.2) is 252 Å². The molecule has 9 aromatic rings. The van der Waals surface area contributed by atoms with Crippen LogP contribution >= 0.6 is 0 Å². The number of benzene rings is 7. The molecule has 0 saturated carbocycles. The molecule has 2 amide bonds. The highest BCUT2D eigenvalue weighted by Gasteiger charge is 2.63. The fraction of sp³-hybridized carbons (Fsp3) is 0.238. The average Bonchev–Trinajstić information content (AvgIpc) is 1.50. The Bertz CT molecular complexity index is 4760. The number of fused-ring (bicyclic) bond motifs is 8. The van der Waals surface area contributed by atoms with Crippen molar-refractivity contribution in [3.8, 4) is 11.1 Å². The van der Waals surface area contributed by atoms with Gasteiger partial charge in [-0.15, -0.1) is 0 Å². The number of carbonyl (C=O) groups excluding carboxylic acids is 2. The molecule has 8 nitrogen and oxygen atoms in total. The van der Waals surface area contributed by atoms with Crippen LogP contribution in [-0.2, 0) is 48.5 Å². The van der Waals surface area contributed by atoms with Crippen molar-refractivity contribution in [2.45, 2.75) is 104 Å². The van der Waals surface area contributed by atoms with Crippen molar-refractivity contribution < 1.29 is 9.59 Å². The van der Waals surface area contributed by atoms with Gasteiger partial charge in [-0.25, -0.2) is 0 Å². The number of carbonyl (C=O) groups is 2. The topological polar surface area (TPSA) is 57.0 Å². The quantitative estimate of drug-likeness (QED) is 0.109. The van der Waals surface area contributed by atoms with E-state index in [1.807, 2.05) is 0 Å². The lowest BCUT2D eigenvalue weighted by Crippen LogP contribution is -2.52. The standard InChI is InChI=1S/C84H78N6O2/c1-9-53-29-37-57(38-30-53)87(58-39-31-54(10-2)32-40-58)61-45-47-67-69(51-85(7)75(67)49-61)79-77-78(82(92)89(79)83(5)71-25-17-13-21-63(71)64-22-14-18-26-72(64)83)80(90(81(77)91)84(6)73-27-19-15-23-65(73)66-24-16-20-28-74(66)84)70-52-86(8)76-50-62(46-48-68(70)76)88(59-41-33-55(11-3)34-42-59)60-43-35-56(12-4)36-44-60/h13-19,21-27,29-31,33-39,41-52,65,73H,9-12,20,28,32,40H2,1-8H3. The van der Waals surface area contributed by atoms with Crippen LogP contribution in [-0.4, -0.2) is 36.3 Å². The Morgan fingerprint density at radius 2 is 0.989 bits per heavy atom. The van der Waals surface area contributed by atoms with E-state index < -0.39 is 11.1 Å². The van der Waals surface area contributed by atoms with Crippen LogP contribution in [0.4, 0.5) is 28.4 Å². The summed E-state index contributed by atoms with van der Waals surface area (Å²) in [7, 11) is 4.23. The number of allylic oxidation sites excluding steroid dienone is 10. The molecule has 0 N–H and O–H groups in total. The monoisotopic (exact) mass is 1200 g/mol. The minimum Gasteiger partial charge on any atom is -0.350 e. The second kappa shape index (κ2) is 21.9. The van der Waals surface area contributed by atoms with Gasteiger partial charge in [0, 0.05) is 94.4 Å². The summed E-state index contributed by atoms with van der Waals surface area (Å²) < 4.78 is 4.41. The highest BCUT2D eigenvalue weighted by Crippen LogP contribution is 2.63. The third-order valence-corrected chi connectivity index (χ3v) is 21.8. The third-order valence-electron chi connectivity index (χ3n) is 21.8. The van der Waals surface area contributed by atoms with Crippen LogP contribution in [0.5, 0.6) is 0 Å². The van der Waals surface area contributed by atoms with E-state index in [2.05, 4.69) is 303 Å². The molecule has 0 saturated heterocycles. The Morgan fingerprint density at radius 3 is 1.51 bits per heavy atom. The predicted octanol–water partition coefficient (Wildman–Crippen LogP) is 19.5. The SMILES string of the molecule is CCC1=CC=C(N(c2ccc(CC)cc2)c2ccc3c(C4=C5C(=O)N(C6(C)C7=C(C=CCC7)C7C=CC=CC76)C(c6cn(C)c7cc(N(c8ccc(CC)cc8)c8ccc(CC)cc8)ccc67)=C5C(=O)N4C4(C)c5ccccc5-c5ccccc54)cn(C)c3c2)CC1. The minimum absolute atomic E-state index is 0.0615. The van der Waals surface area contributed by atoms with E-state index >= 15 is 9.59 Å². The highest BCUT2D eigenvalue weighted by molar-refractivity contribution is 6.32. The first kappa shape index (κ1) is 57.3. The van der Waals surface area contributed by atoms with E-state index in [1.54, 1.807) is 0 Å². The zero-order valence-corrected chi connectivity index (χ0v) is 54.1. The fourth-order valence-electron chi connectivity index (χ4n) is 16.9. The summed E-state index contributed by atoms with van der Waals surface area (Å²) in [4.78, 5) is 44.0. The molecular weight excluding hydrogens is 1120 g/mol. The van der Waals surface area contributed by atoms with Crippen LogP contribution < -0.4 is 9.80 Å². The van der Waals surface area contributed by atoms with Crippen molar-refractivity contribution in [1.29, 1.82) is 0 Å². The van der Waals surface area contributed by atoms with Gasteiger partial charge in [-0.1, -0.05) is 173 Å². The first-order valence-electron chi connectivity index (χ1n) is 33.4. The zero-order chi connectivity index (χ0) is 62.9. The van der Waals surface area contributed by atoms with Gasteiger partial charge in [-0.2, -0.15) is 0 Å².